The van der Waals surface area contributed by atoms with Crippen molar-refractivity contribution in [2.24, 2.45) is 18.9 Å². The molecule has 7 rings (SSSR count). The molecule has 0 unspecified atom stereocenters. The lowest BCUT2D eigenvalue weighted by Gasteiger charge is -2.45. The van der Waals surface area contributed by atoms with E-state index in [-0.39, 0.29) is 12.0 Å². The van der Waals surface area contributed by atoms with Crippen LogP contribution in [-0.2, 0) is 35.6 Å². The Labute approximate surface area is 248 Å². The van der Waals surface area contributed by atoms with Crippen molar-refractivity contribution in [3.63, 3.8) is 0 Å². The maximum Gasteiger partial charge on any atom is 0.265 e. The van der Waals surface area contributed by atoms with Crippen molar-refractivity contribution in [1.82, 2.24) is 24.6 Å². The van der Waals surface area contributed by atoms with Crippen LogP contribution < -0.4 is 4.31 Å². The Morgan fingerprint density at radius 1 is 1.02 bits per heavy atom. The van der Waals surface area contributed by atoms with Crippen molar-refractivity contribution in [1.29, 1.82) is 0 Å². The predicted octanol–water partition coefficient (Wildman–Crippen LogP) is 5.53. The molecule has 4 aromatic rings. The van der Waals surface area contributed by atoms with E-state index in [1.807, 2.05) is 48.1 Å². The van der Waals surface area contributed by atoms with Gasteiger partial charge in [-0.15, -0.1) is 10.2 Å². The van der Waals surface area contributed by atoms with E-state index in [0.29, 0.717) is 22.4 Å². The van der Waals surface area contributed by atoms with Gasteiger partial charge >= 0.3 is 0 Å². The SMILES string of the molecule is CC1CC(c2cncc(N3Cc4c(-c5ccccc5)cc(CN5CCC[C@H](C)C5)cc4S3(=O)=O)c2)(c2nncn2C)C1. The molecule has 218 valence electrons. The van der Waals surface area contributed by atoms with E-state index in [2.05, 4.69) is 52.1 Å². The highest BCUT2D eigenvalue weighted by Crippen LogP contribution is 2.52. The van der Waals surface area contributed by atoms with Gasteiger partial charge in [0.25, 0.3) is 10.0 Å². The van der Waals surface area contributed by atoms with Crippen molar-refractivity contribution in [2.75, 3.05) is 17.4 Å². The first-order chi connectivity index (χ1) is 20.2. The number of rotatable bonds is 6. The molecule has 3 aliphatic rings. The molecule has 1 atom stereocenters. The number of fused-ring (bicyclic) bond motifs is 1. The average molecular weight is 583 g/mol. The summed E-state index contributed by atoms with van der Waals surface area (Å²) in [4.78, 5) is 7.46. The fourth-order valence-electron chi connectivity index (χ4n) is 7.55. The zero-order valence-corrected chi connectivity index (χ0v) is 25.4. The Hall–Kier alpha value is -3.56. The lowest BCUT2D eigenvalue weighted by molar-refractivity contribution is 0.176. The molecule has 0 spiro atoms. The van der Waals surface area contributed by atoms with Crippen molar-refractivity contribution < 1.29 is 8.42 Å². The van der Waals surface area contributed by atoms with Gasteiger partial charge in [-0.2, -0.15) is 0 Å². The fourth-order valence-corrected chi connectivity index (χ4v) is 9.25. The van der Waals surface area contributed by atoms with Gasteiger partial charge in [-0.3, -0.25) is 14.2 Å². The Morgan fingerprint density at radius 2 is 1.83 bits per heavy atom. The minimum absolute atomic E-state index is 0.279. The van der Waals surface area contributed by atoms with Gasteiger partial charge in [0.15, 0.2) is 0 Å². The van der Waals surface area contributed by atoms with Gasteiger partial charge in [0.2, 0.25) is 0 Å². The maximum atomic E-state index is 14.3. The molecule has 1 saturated heterocycles. The Bertz CT molecular complexity index is 1730. The second-order valence-electron chi connectivity index (χ2n) is 12.8. The van der Waals surface area contributed by atoms with Crippen LogP contribution in [0.15, 0.2) is 72.1 Å². The molecule has 8 nitrogen and oxygen atoms in total. The number of nitrogens with zero attached hydrogens (tertiary/aromatic N) is 6. The van der Waals surface area contributed by atoms with E-state index in [0.717, 1.165) is 66.1 Å². The highest BCUT2D eigenvalue weighted by molar-refractivity contribution is 7.93. The number of hydrogen-bond donors (Lipinski definition) is 0. The molecule has 9 heteroatoms. The second-order valence-corrected chi connectivity index (χ2v) is 14.6. The molecular weight excluding hydrogens is 544 g/mol. The Kier molecular flexibility index (Phi) is 6.70. The van der Waals surface area contributed by atoms with Crippen LogP contribution in [0.5, 0.6) is 0 Å². The van der Waals surface area contributed by atoms with E-state index in [9.17, 15) is 8.42 Å². The summed E-state index contributed by atoms with van der Waals surface area (Å²) in [6.07, 6.45) is 9.56. The van der Waals surface area contributed by atoms with Crippen LogP contribution in [0.3, 0.4) is 0 Å². The molecule has 2 aromatic carbocycles. The number of aryl methyl sites for hydroxylation is 1. The average Bonchev–Trinajstić information content (AvgIpc) is 3.51. The van der Waals surface area contributed by atoms with E-state index in [1.54, 1.807) is 16.8 Å². The summed E-state index contributed by atoms with van der Waals surface area (Å²) in [6, 6.07) is 16.3. The number of sulfonamides is 1. The number of hydrogen-bond acceptors (Lipinski definition) is 6. The van der Waals surface area contributed by atoms with Gasteiger partial charge in [0, 0.05) is 31.9 Å². The summed E-state index contributed by atoms with van der Waals surface area (Å²) >= 11 is 0. The highest BCUT2D eigenvalue weighted by atomic mass is 32.2. The van der Waals surface area contributed by atoms with Crippen LogP contribution in [0.2, 0.25) is 0 Å². The van der Waals surface area contributed by atoms with Gasteiger partial charge in [-0.25, -0.2) is 8.42 Å². The number of pyridine rings is 1. The minimum Gasteiger partial charge on any atom is -0.320 e. The summed E-state index contributed by atoms with van der Waals surface area (Å²) < 4.78 is 32.1. The molecule has 0 amide bonds. The largest absolute Gasteiger partial charge is 0.320 e. The van der Waals surface area contributed by atoms with Crippen molar-refractivity contribution in [3.8, 4) is 11.1 Å². The van der Waals surface area contributed by atoms with Gasteiger partial charge in [-0.05, 0) is 84.5 Å². The zero-order valence-electron chi connectivity index (χ0n) is 24.6. The second kappa shape index (κ2) is 10.3. The molecule has 0 radical (unpaired) electrons. The van der Waals surface area contributed by atoms with Gasteiger partial charge in [0.05, 0.1) is 28.7 Å². The first-order valence-electron chi connectivity index (χ1n) is 15.0. The minimum atomic E-state index is -3.79. The van der Waals surface area contributed by atoms with Crippen LogP contribution in [0.1, 0.15) is 62.0 Å². The molecule has 42 heavy (non-hydrogen) atoms. The number of anilines is 1. The quantitative estimate of drug-likeness (QED) is 0.297. The lowest BCUT2D eigenvalue weighted by Crippen LogP contribution is -2.43. The van der Waals surface area contributed by atoms with Crippen molar-refractivity contribution in [2.45, 2.75) is 62.9 Å². The summed E-state index contributed by atoms with van der Waals surface area (Å²) in [6.45, 7) is 7.66. The molecule has 0 bridgehead atoms. The standard InChI is InChI=1S/C33H38N6O2S/c1-23-8-7-11-38(19-23)20-25-12-29(26-9-5-4-6-10-26)30-21-39(42(40,41)31(30)13-25)28-14-27(17-34-18-28)33(15-24(2)16-33)32-36-35-22-37(32)3/h4-6,9-10,12-14,17-18,22-24H,7-8,11,15-16,19-21H2,1-3H3/t23-,24?,33?/m0/s1. The molecule has 0 N–H and O–H groups in total. The molecular formula is C33H38N6O2S. The molecule has 1 saturated carbocycles. The topological polar surface area (TPSA) is 84.2 Å². The molecule has 4 heterocycles. The van der Waals surface area contributed by atoms with Gasteiger partial charge in [0.1, 0.15) is 12.2 Å². The third-order valence-electron chi connectivity index (χ3n) is 9.47. The van der Waals surface area contributed by atoms with Gasteiger partial charge in [-0.1, -0.05) is 44.2 Å². The molecule has 2 fully saturated rings. The van der Waals surface area contributed by atoms with Crippen LogP contribution in [-0.4, -0.2) is 46.2 Å². The van der Waals surface area contributed by atoms with E-state index in [1.165, 1.54) is 12.8 Å². The van der Waals surface area contributed by atoms with Crippen molar-refractivity contribution >= 4 is 15.7 Å². The zero-order chi connectivity index (χ0) is 29.1. The van der Waals surface area contributed by atoms with E-state index in [4.69, 9.17) is 0 Å². The molecule has 2 aliphatic heterocycles. The van der Waals surface area contributed by atoms with Crippen LogP contribution >= 0.6 is 0 Å². The van der Waals surface area contributed by atoms with Crippen molar-refractivity contribution in [3.05, 3.63) is 89.8 Å². The number of likely N-dealkylation sites (tertiary alicyclic amines) is 1. The summed E-state index contributed by atoms with van der Waals surface area (Å²) in [5.41, 5.74) is 5.19. The third kappa shape index (κ3) is 4.54. The normalized spacial score (nSPS) is 25.3. The predicted molar refractivity (Wildman–Crippen MR) is 163 cm³/mol. The van der Waals surface area contributed by atoms with Crippen LogP contribution in [0, 0.1) is 11.8 Å². The van der Waals surface area contributed by atoms with Crippen LogP contribution in [0.25, 0.3) is 11.1 Å². The maximum absolute atomic E-state index is 14.3. The lowest BCUT2D eigenvalue weighted by atomic mass is 9.59. The smallest absolute Gasteiger partial charge is 0.265 e. The number of aromatic nitrogens is 4. The summed E-state index contributed by atoms with van der Waals surface area (Å²) in [5, 5.41) is 8.61. The van der Waals surface area contributed by atoms with Gasteiger partial charge < -0.3 is 4.57 Å². The van der Waals surface area contributed by atoms with E-state index >= 15 is 0 Å². The number of benzene rings is 2. The van der Waals surface area contributed by atoms with E-state index < -0.39 is 10.0 Å². The van der Waals surface area contributed by atoms with Crippen LogP contribution in [0.4, 0.5) is 5.69 Å². The summed E-state index contributed by atoms with van der Waals surface area (Å²) in [5.74, 6) is 2.10. The molecule has 1 aliphatic carbocycles. The summed E-state index contributed by atoms with van der Waals surface area (Å²) in [7, 11) is -1.82. The first-order valence-corrected chi connectivity index (χ1v) is 16.4. The Morgan fingerprint density at radius 3 is 2.55 bits per heavy atom. The fraction of sp³-hybridized carbons (Fsp3) is 0.424. The highest BCUT2D eigenvalue weighted by Gasteiger charge is 2.49. The third-order valence-corrected chi connectivity index (χ3v) is 11.3. The number of piperidine rings is 1. The monoisotopic (exact) mass is 582 g/mol. The Balaban J connectivity index is 1.29. The first kappa shape index (κ1) is 27.3. The molecule has 2 aromatic heterocycles.